The van der Waals surface area contributed by atoms with E-state index in [1.807, 2.05) is 115 Å². The Bertz CT molecular complexity index is 2020. The van der Waals surface area contributed by atoms with Crippen molar-refractivity contribution in [2.24, 2.45) is 5.92 Å². The number of rotatable bonds is 14. The molecule has 1 fully saturated rings. The SMILES string of the molecule is C[C@H]1[C@@H](CN(Cc2ccccc2)Cc2ccccc2)O[C@@H](c2ccc(CNC(=O)Nc3ccc(Oc4ccccc4)cc3)cc2)O[C@H]1c1ccc(CO)cc1. The number of benzene rings is 6. The average molecular weight is 734 g/mol. The number of urea groups is 1. The van der Waals surface area contributed by atoms with Gasteiger partial charge in [-0.05, 0) is 64.2 Å². The fourth-order valence-corrected chi connectivity index (χ4v) is 6.83. The van der Waals surface area contributed by atoms with E-state index in [1.165, 1.54) is 11.1 Å². The Morgan fingerprint density at radius 2 is 1.18 bits per heavy atom. The molecule has 0 radical (unpaired) electrons. The van der Waals surface area contributed by atoms with E-state index in [0.29, 0.717) is 24.5 Å². The van der Waals surface area contributed by atoms with E-state index in [0.717, 1.165) is 41.1 Å². The highest BCUT2D eigenvalue weighted by atomic mass is 16.7. The molecule has 6 aromatic rings. The lowest BCUT2D eigenvalue weighted by molar-refractivity contribution is -0.276. The van der Waals surface area contributed by atoms with Crippen molar-refractivity contribution in [1.82, 2.24) is 10.2 Å². The van der Waals surface area contributed by atoms with Gasteiger partial charge in [0.25, 0.3) is 0 Å². The summed E-state index contributed by atoms with van der Waals surface area (Å²) in [5.41, 5.74) is 6.90. The molecule has 7 rings (SSSR count). The number of nitrogens with zero attached hydrogens (tertiary/aromatic N) is 1. The summed E-state index contributed by atoms with van der Waals surface area (Å²) in [6.07, 6.45) is -0.966. The first-order chi connectivity index (χ1) is 27.0. The highest BCUT2D eigenvalue weighted by Crippen LogP contribution is 2.42. The molecule has 0 saturated carbocycles. The second kappa shape index (κ2) is 18.5. The third-order valence-corrected chi connectivity index (χ3v) is 9.86. The highest BCUT2D eigenvalue weighted by molar-refractivity contribution is 5.89. The first kappa shape index (κ1) is 37.5. The van der Waals surface area contributed by atoms with Crippen molar-refractivity contribution in [2.45, 2.75) is 51.7 Å². The van der Waals surface area contributed by atoms with Crippen LogP contribution in [0.15, 0.2) is 164 Å². The van der Waals surface area contributed by atoms with Crippen LogP contribution in [0.5, 0.6) is 11.5 Å². The number of para-hydroxylation sites is 1. The van der Waals surface area contributed by atoms with Crippen molar-refractivity contribution in [1.29, 1.82) is 0 Å². The predicted octanol–water partition coefficient (Wildman–Crippen LogP) is 9.79. The number of aliphatic hydroxyl groups excluding tert-OH is 1. The Labute approximate surface area is 323 Å². The van der Waals surface area contributed by atoms with Gasteiger partial charge in [-0.25, -0.2) is 4.79 Å². The van der Waals surface area contributed by atoms with Gasteiger partial charge in [-0.2, -0.15) is 0 Å². The third-order valence-electron chi connectivity index (χ3n) is 9.86. The van der Waals surface area contributed by atoms with Crippen molar-refractivity contribution in [3.05, 3.63) is 197 Å². The molecule has 4 atom stereocenters. The minimum absolute atomic E-state index is 0.00969. The first-order valence-electron chi connectivity index (χ1n) is 18.8. The molecule has 8 heteroatoms. The summed E-state index contributed by atoms with van der Waals surface area (Å²) >= 11 is 0. The number of ether oxygens (including phenoxy) is 3. The molecule has 0 unspecified atom stereocenters. The van der Waals surface area contributed by atoms with Crippen LogP contribution in [0.25, 0.3) is 0 Å². The highest BCUT2D eigenvalue weighted by Gasteiger charge is 2.39. The minimum atomic E-state index is -0.599. The van der Waals surface area contributed by atoms with E-state index in [2.05, 4.69) is 71.0 Å². The van der Waals surface area contributed by atoms with Crippen LogP contribution in [0.1, 0.15) is 52.7 Å². The lowest BCUT2D eigenvalue weighted by Crippen LogP contribution is -2.44. The van der Waals surface area contributed by atoms with Crippen LogP contribution in [-0.2, 0) is 35.7 Å². The number of hydrogen-bond acceptors (Lipinski definition) is 6. The first-order valence-corrected chi connectivity index (χ1v) is 18.8. The van der Waals surface area contributed by atoms with Crippen molar-refractivity contribution < 1.29 is 24.1 Å². The molecule has 6 aromatic carbocycles. The number of nitrogens with one attached hydrogen (secondary N) is 2. The normalized spacial score (nSPS) is 18.1. The Hall–Kier alpha value is -5.77. The maximum Gasteiger partial charge on any atom is 0.319 e. The van der Waals surface area contributed by atoms with Crippen LogP contribution in [0, 0.1) is 5.92 Å². The van der Waals surface area contributed by atoms with Gasteiger partial charge in [0.05, 0.1) is 18.8 Å². The van der Waals surface area contributed by atoms with Crippen molar-refractivity contribution >= 4 is 11.7 Å². The summed E-state index contributed by atoms with van der Waals surface area (Å²) in [5, 5.41) is 15.5. The van der Waals surface area contributed by atoms with Crippen molar-refractivity contribution in [3.8, 4) is 11.5 Å². The van der Waals surface area contributed by atoms with Crippen LogP contribution in [0.4, 0.5) is 10.5 Å². The summed E-state index contributed by atoms with van der Waals surface area (Å²) < 4.78 is 19.4. The zero-order valence-electron chi connectivity index (χ0n) is 31.0. The van der Waals surface area contributed by atoms with Gasteiger partial charge in [-0.15, -0.1) is 0 Å². The fourth-order valence-electron chi connectivity index (χ4n) is 6.83. The third kappa shape index (κ3) is 10.5. The Morgan fingerprint density at radius 1 is 0.636 bits per heavy atom. The fraction of sp³-hybridized carbons (Fsp3) is 0.213. The van der Waals surface area contributed by atoms with Gasteiger partial charge in [-0.1, -0.05) is 134 Å². The Balaban J connectivity index is 1.02. The molecule has 1 aliphatic rings. The minimum Gasteiger partial charge on any atom is -0.457 e. The van der Waals surface area contributed by atoms with Gasteiger partial charge in [0.15, 0.2) is 6.29 Å². The maximum atomic E-state index is 12.8. The van der Waals surface area contributed by atoms with E-state index in [4.69, 9.17) is 14.2 Å². The summed E-state index contributed by atoms with van der Waals surface area (Å²) in [6, 6.07) is 53.6. The molecule has 280 valence electrons. The van der Waals surface area contributed by atoms with Crippen LogP contribution < -0.4 is 15.4 Å². The average Bonchev–Trinajstić information content (AvgIpc) is 3.23. The standard InChI is InChI=1S/C47H47N3O5/c1-34-44(32-50(30-36-11-5-2-6-12-36)31-37-13-7-3-8-14-37)54-46(55-45(34)39-21-19-38(33-51)20-22-39)40-23-17-35(18-24-40)29-48-47(52)49-41-25-27-43(28-26-41)53-42-15-9-4-10-16-42/h2-28,34,44-46,51H,29-33H2,1H3,(H2,48,49,52)/t34-,44+,45+,46+/m0/s1. The number of hydrogen-bond donors (Lipinski definition) is 3. The molecule has 0 bridgehead atoms. The summed E-state index contributed by atoms with van der Waals surface area (Å²) in [7, 11) is 0. The quantitative estimate of drug-likeness (QED) is 0.103. The van der Waals surface area contributed by atoms with E-state index in [9.17, 15) is 9.90 Å². The maximum absolute atomic E-state index is 12.8. The van der Waals surface area contributed by atoms with E-state index in [1.54, 1.807) is 0 Å². The number of carbonyl (C=O) groups is 1. The van der Waals surface area contributed by atoms with E-state index in [-0.39, 0.29) is 30.8 Å². The monoisotopic (exact) mass is 733 g/mol. The second-order valence-electron chi connectivity index (χ2n) is 14.0. The molecule has 55 heavy (non-hydrogen) atoms. The largest absolute Gasteiger partial charge is 0.457 e. The predicted molar refractivity (Wildman–Crippen MR) is 215 cm³/mol. The van der Waals surface area contributed by atoms with Gasteiger partial charge in [0, 0.05) is 43.3 Å². The summed E-state index contributed by atoms with van der Waals surface area (Å²) in [6.45, 7) is 4.81. The van der Waals surface area contributed by atoms with Gasteiger partial charge < -0.3 is 30.0 Å². The molecule has 1 aliphatic heterocycles. The van der Waals surface area contributed by atoms with Crippen molar-refractivity contribution in [3.63, 3.8) is 0 Å². The molecule has 8 nitrogen and oxygen atoms in total. The number of carbonyl (C=O) groups excluding carboxylic acids is 1. The van der Waals surface area contributed by atoms with Crippen LogP contribution in [0.2, 0.25) is 0 Å². The summed E-state index contributed by atoms with van der Waals surface area (Å²) in [5.74, 6) is 1.48. The molecule has 1 heterocycles. The summed E-state index contributed by atoms with van der Waals surface area (Å²) in [4.78, 5) is 15.2. The van der Waals surface area contributed by atoms with Gasteiger partial charge in [-0.3, -0.25) is 4.90 Å². The zero-order chi connectivity index (χ0) is 37.8. The molecule has 0 spiro atoms. The van der Waals surface area contributed by atoms with E-state index < -0.39 is 6.29 Å². The van der Waals surface area contributed by atoms with E-state index >= 15 is 0 Å². The Kier molecular flexibility index (Phi) is 12.6. The molecule has 1 saturated heterocycles. The lowest BCUT2D eigenvalue weighted by Gasteiger charge is -2.43. The topological polar surface area (TPSA) is 92.3 Å². The molecule has 3 N–H and O–H groups in total. The second-order valence-corrected chi connectivity index (χ2v) is 14.0. The van der Waals surface area contributed by atoms with Crippen LogP contribution in [-0.4, -0.2) is 28.7 Å². The van der Waals surface area contributed by atoms with Gasteiger partial charge >= 0.3 is 6.03 Å². The van der Waals surface area contributed by atoms with Crippen molar-refractivity contribution in [2.75, 3.05) is 11.9 Å². The van der Waals surface area contributed by atoms with Crippen LogP contribution >= 0.6 is 0 Å². The molecular formula is C47H47N3O5. The number of amides is 2. The lowest BCUT2D eigenvalue weighted by atomic mass is 9.89. The van der Waals surface area contributed by atoms with Gasteiger partial charge in [0.1, 0.15) is 11.5 Å². The Morgan fingerprint density at radius 3 is 1.78 bits per heavy atom. The molecular weight excluding hydrogens is 687 g/mol. The smallest absolute Gasteiger partial charge is 0.319 e. The van der Waals surface area contributed by atoms with Crippen LogP contribution in [0.3, 0.4) is 0 Å². The van der Waals surface area contributed by atoms with Gasteiger partial charge in [0.2, 0.25) is 0 Å². The molecule has 0 aliphatic carbocycles. The number of anilines is 1. The zero-order valence-corrected chi connectivity index (χ0v) is 31.0. The molecule has 2 amide bonds. The number of aliphatic hydroxyl groups is 1. The molecule has 0 aromatic heterocycles.